The highest BCUT2D eigenvalue weighted by atomic mass is 16.2. The first-order chi connectivity index (χ1) is 12.2. The number of amides is 3. The number of nitrogens with one attached hydrogen (secondary N) is 1. The van der Waals surface area contributed by atoms with E-state index in [4.69, 9.17) is 0 Å². The second-order valence-electron chi connectivity index (χ2n) is 7.35. The largest absolute Gasteiger partial charge is 0.334 e. The molecule has 2 atom stereocenters. The van der Waals surface area contributed by atoms with Crippen molar-refractivity contribution in [2.24, 2.45) is 11.8 Å². The molecule has 1 aromatic rings. The van der Waals surface area contributed by atoms with Crippen LogP contribution in [0.15, 0.2) is 36.4 Å². The van der Waals surface area contributed by atoms with Crippen molar-refractivity contribution in [1.29, 1.82) is 0 Å². The van der Waals surface area contributed by atoms with Gasteiger partial charge in [-0.3, -0.25) is 4.79 Å². The molecule has 2 heterocycles. The zero-order valence-electron chi connectivity index (χ0n) is 14.5. The fraction of sp³-hybridized carbons (Fsp3) is 0.500. The summed E-state index contributed by atoms with van der Waals surface area (Å²) in [5.74, 6) is 1.44. The number of hydrogen-bond donors (Lipinski definition) is 1. The molecule has 0 bridgehead atoms. The minimum atomic E-state index is 0.0250. The Morgan fingerprint density at radius 1 is 1.16 bits per heavy atom. The minimum Gasteiger partial charge on any atom is -0.334 e. The van der Waals surface area contributed by atoms with Gasteiger partial charge in [0.15, 0.2) is 0 Å². The van der Waals surface area contributed by atoms with E-state index >= 15 is 0 Å². The highest BCUT2D eigenvalue weighted by Crippen LogP contribution is 2.32. The Kier molecular flexibility index (Phi) is 4.47. The number of carbonyl (C=O) groups is 2. The van der Waals surface area contributed by atoms with Gasteiger partial charge in [-0.1, -0.05) is 24.3 Å². The summed E-state index contributed by atoms with van der Waals surface area (Å²) in [7, 11) is 0. The number of nitrogens with zero attached hydrogens (tertiary/aromatic N) is 2. The van der Waals surface area contributed by atoms with Crippen molar-refractivity contribution in [2.45, 2.75) is 32.2 Å². The van der Waals surface area contributed by atoms with Gasteiger partial charge in [0.05, 0.1) is 0 Å². The van der Waals surface area contributed by atoms with Crippen LogP contribution in [0.1, 0.15) is 31.2 Å². The van der Waals surface area contributed by atoms with Gasteiger partial charge >= 0.3 is 6.03 Å². The van der Waals surface area contributed by atoms with Crippen LogP contribution in [0.5, 0.6) is 0 Å². The number of hydrogen-bond acceptors (Lipinski definition) is 2. The normalized spacial score (nSPS) is 25.4. The third-order valence-corrected chi connectivity index (χ3v) is 5.65. The number of anilines is 1. The standard InChI is InChI=1S/C20H25N3O2/c24-19-9-4-10-23(19)18-8-3-5-15(11-18)12-21-20(25)22-13-16-6-1-2-7-17(16)14-22/h1-3,5,8,11,16-17H,4,6-7,9-10,12-14H2,(H,21,25). The molecule has 0 spiro atoms. The summed E-state index contributed by atoms with van der Waals surface area (Å²) in [5.41, 5.74) is 1.97. The van der Waals surface area contributed by atoms with Crippen molar-refractivity contribution >= 4 is 17.6 Å². The van der Waals surface area contributed by atoms with E-state index in [1.165, 1.54) is 0 Å². The Morgan fingerprint density at radius 2 is 1.92 bits per heavy atom. The van der Waals surface area contributed by atoms with Crippen LogP contribution in [-0.4, -0.2) is 36.5 Å². The molecule has 2 saturated heterocycles. The number of rotatable bonds is 3. The van der Waals surface area contributed by atoms with Crippen molar-refractivity contribution in [3.05, 3.63) is 42.0 Å². The van der Waals surface area contributed by atoms with Gasteiger partial charge in [-0.15, -0.1) is 0 Å². The van der Waals surface area contributed by atoms with E-state index in [1.807, 2.05) is 34.1 Å². The van der Waals surface area contributed by atoms with Crippen molar-refractivity contribution in [3.63, 3.8) is 0 Å². The van der Waals surface area contributed by atoms with Crippen LogP contribution < -0.4 is 10.2 Å². The summed E-state index contributed by atoms with van der Waals surface area (Å²) in [6, 6.07) is 7.96. The highest BCUT2D eigenvalue weighted by Gasteiger charge is 2.34. The summed E-state index contributed by atoms with van der Waals surface area (Å²) >= 11 is 0. The van der Waals surface area contributed by atoms with Gasteiger partial charge in [-0.2, -0.15) is 0 Å². The van der Waals surface area contributed by atoms with Crippen molar-refractivity contribution < 1.29 is 9.59 Å². The van der Waals surface area contributed by atoms with Gasteiger partial charge in [-0.25, -0.2) is 4.79 Å². The summed E-state index contributed by atoms with van der Waals surface area (Å²) in [4.78, 5) is 28.2. The van der Waals surface area contributed by atoms with E-state index in [-0.39, 0.29) is 11.9 Å². The maximum absolute atomic E-state index is 12.5. The first-order valence-corrected chi connectivity index (χ1v) is 9.28. The molecular weight excluding hydrogens is 314 g/mol. The van der Waals surface area contributed by atoms with Crippen molar-refractivity contribution in [2.75, 3.05) is 24.5 Å². The number of allylic oxidation sites excluding steroid dienone is 2. The van der Waals surface area contributed by atoms with E-state index in [0.717, 1.165) is 50.1 Å². The average molecular weight is 339 g/mol. The Balaban J connectivity index is 1.34. The number of fused-ring (bicyclic) bond motifs is 1. The molecule has 1 aromatic carbocycles. The van der Waals surface area contributed by atoms with E-state index in [1.54, 1.807) is 0 Å². The molecule has 2 unspecified atom stereocenters. The molecule has 1 aliphatic carbocycles. The second kappa shape index (κ2) is 6.90. The van der Waals surface area contributed by atoms with Crippen LogP contribution in [0.25, 0.3) is 0 Å². The molecule has 0 aromatic heterocycles. The molecule has 1 N–H and O–H groups in total. The fourth-order valence-electron chi connectivity index (χ4n) is 4.23. The van der Waals surface area contributed by atoms with E-state index in [0.29, 0.717) is 24.8 Å². The number of likely N-dealkylation sites (tertiary alicyclic amines) is 1. The molecule has 3 aliphatic rings. The maximum Gasteiger partial charge on any atom is 0.317 e. The third-order valence-electron chi connectivity index (χ3n) is 5.65. The fourth-order valence-corrected chi connectivity index (χ4v) is 4.23. The molecule has 0 radical (unpaired) electrons. The molecule has 3 amide bonds. The molecule has 4 rings (SSSR count). The summed E-state index contributed by atoms with van der Waals surface area (Å²) in [6.07, 6.45) is 8.24. The van der Waals surface area contributed by atoms with E-state index < -0.39 is 0 Å². The predicted molar refractivity (Wildman–Crippen MR) is 97.2 cm³/mol. The lowest BCUT2D eigenvalue weighted by Gasteiger charge is -2.19. The van der Waals surface area contributed by atoms with Gasteiger partial charge in [0.2, 0.25) is 5.91 Å². The lowest BCUT2D eigenvalue weighted by molar-refractivity contribution is -0.117. The highest BCUT2D eigenvalue weighted by molar-refractivity contribution is 5.95. The van der Waals surface area contributed by atoms with Crippen LogP contribution in [0.4, 0.5) is 10.5 Å². The van der Waals surface area contributed by atoms with Gasteiger partial charge in [0.25, 0.3) is 0 Å². The smallest absolute Gasteiger partial charge is 0.317 e. The van der Waals surface area contributed by atoms with Gasteiger partial charge in [0, 0.05) is 38.3 Å². The van der Waals surface area contributed by atoms with Crippen LogP contribution in [-0.2, 0) is 11.3 Å². The van der Waals surface area contributed by atoms with Crippen LogP contribution in [0.3, 0.4) is 0 Å². The Bertz CT molecular complexity index is 684. The zero-order chi connectivity index (χ0) is 17.2. The van der Waals surface area contributed by atoms with Crippen LogP contribution in [0, 0.1) is 11.8 Å². The number of urea groups is 1. The molecule has 132 valence electrons. The van der Waals surface area contributed by atoms with Gasteiger partial charge < -0.3 is 15.1 Å². The Morgan fingerprint density at radius 3 is 2.60 bits per heavy atom. The molecule has 5 heteroatoms. The molecule has 2 aliphatic heterocycles. The maximum atomic E-state index is 12.5. The first-order valence-electron chi connectivity index (χ1n) is 9.28. The molecular formula is C20H25N3O2. The summed E-state index contributed by atoms with van der Waals surface area (Å²) < 4.78 is 0. The molecule has 2 fully saturated rings. The Hall–Kier alpha value is -2.30. The monoisotopic (exact) mass is 339 g/mol. The first kappa shape index (κ1) is 16.2. The topological polar surface area (TPSA) is 52.7 Å². The Labute approximate surface area is 148 Å². The lowest BCUT2D eigenvalue weighted by atomic mass is 9.86. The van der Waals surface area contributed by atoms with Gasteiger partial charge in [-0.05, 0) is 48.8 Å². The SMILES string of the molecule is O=C(NCc1cccc(N2CCCC2=O)c1)N1CC2CC=CCC2C1. The zero-order valence-corrected chi connectivity index (χ0v) is 14.5. The number of benzene rings is 1. The number of carbonyl (C=O) groups excluding carboxylic acids is 2. The lowest BCUT2D eigenvalue weighted by Crippen LogP contribution is -2.38. The molecule has 0 saturated carbocycles. The van der Waals surface area contributed by atoms with Crippen LogP contribution in [0.2, 0.25) is 0 Å². The summed E-state index contributed by atoms with van der Waals surface area (Å²) in [6.45, 7) is 3.02. The van der Waals surface area contributed by atoms with Gasteiger partial charge in [0.1, 0.15) is 0 Å². The van der Waals surface area contributed by atoms with Crippen LogP contribution >= 0.6 is 0 Å². The van der Waals surface area contributed by atoms with E-state index in [2.05, 4.69) is 17.5 Å². The predicted octanol–water partition coefficient (Wildman–Crippen LogP) is 2.92. The van der Waals surface area contributed by atoms with Crippen molar-refractivity contribution in [1.82, 2.24) is 10.2 Å². The minimum absolute atomic E-state index is 0.0250. The molecule has 25 heavy (non-hydrogen) atoms. The average Bonchev–Trinajstić information content (AvgIpc) is 3.26. The summed E-state index contributed by atoms with van der Waals surface area (Å²) in [5, 5.41) is 3.04. The molecule has 5 nitrogen and oxygen atoms in total. The third kappa shape index (κ3) is 3.41. The quantitative estimate of drug-likeness (QED) is 0.861. The second-order valence-corrected chi connectivity index (χ2v) is 7.35. The van der Waals surface area contributed by atoms with Crippen molar-refractivity contribution in [3.8, 4) is 0 Å². The van der Waals surface area contributed by atoms with E-state index in [9.17, 15) is 9.59 Å².